The number of hydrogen-bond donors (Lipinski definition) is 1. The number of esters is 1. The van der Waals surface area contributed by atoms with Crippen molar-refractivity contribution in [1.82, 2.24) is 0 Å². The summed E-state index contributed by atoms with van der Waals surface area (Å²) in [5, 5.41) is 3.47. The standard InChI is InChI=1S/C20H20BrNO3S/c1-2-25-20(24)18-15-5-3-4-6-16(15)26-19(18)22-17(23)12-9-13-7-10-14(21)11-8-13/h7-12H,2-6H2,1H3,(H,22,23). The van der Waals surface area contributed by atoms with Crippen LogP contribution in [0.15, 0.2) is 34.8 Å². The average Bonchev–Trinajstić information content (AvgIpc) is 2.99. The minimum Gasteiger partial charge on any atom is -0.462 e. The summed E-state index contributed by atoms with van der Waals surface area (Å²) < 4.78 is 6.20. The highest BCUT2D eigenvalue weighted by Crippen LogP contribution is 2.38. The number of aryl methyl sites for hydroxylation is 1. The Bertz CT molecular complexity index is 839. The summed E-state index contributed by atoms with van der Waals surface area (Å²) in [7, 11) is 0. The van der Waals surface area contributed by atoms with Gasteiger partial charge in [-0.05, 0) is 61.9 Å². The first-order chi connectivity index (χ1) is 12.6. The number of fused-ring (bicyclic) bond motifs is 1. The molecule has 0 spiro atoms. The van der Waals surface area contributed by atoms with E-state index in [4.69, 9.17) is 4.74 Å². The van der Waals surface area contributed by atoms with Crippen molar-refractivity contribution in [2.45, 2.75) is 32.6 Å². The van der Waals surface area contributed by atoms with Gasteiger partial charge in [-0.1, -0.05) is 28.1 Å². The molecule has 26 heavy (non-hydrogen) atoms. The third-order valence-electron chi connectivity index (χ3n) is 4.18. The van der Waals surface area contributed by atoms with Crippen molar-refractivity contribution < 1.29 is 14.3 Å². The second kappa shape index (κ2) is 8.64. The summed E-state index contributed by atoms with van der Waals surface area (Å²) in [6.07, 6.45) is 7.23. The van der Waals surface area contributed by atoms with E-state index >= 15 is 0 Å². The van der Waals surface area contributed by atoms with Crippen molar-refractivity contribution in [3.8, 4) is 0 Å². The summed E-state index contributed by atoms with van der Waals surface area (Å²) in [5.41, 5.74) is 2.52. The fraction of sp³-hybridized carbons (Fsp3) is 0.300. The number of ether oxygens (including phenoxy) is 1. The van der Waals surface area contributed by atoms with Crippen LogP contribution in [-0.2, 0) is 22.4 Å². The monoisotopic (exact) mass is 433 g/mol. The molecule has 1 aromatic heterocycles. The molecule has 3 rings (SSSR count). The van der Waals surface area contributed by atoms with Crippen LogP contribution >= 0.6 is 27.3 Å². The van der Waals surface area contributed by atoms with E-state index in [1.54, 1.807) is 13.0 Å². The molecule has 2 aromatic rings. The lowest BCUT2D eigenvalue weighted by Crippen LogP contribution is -2.14. The van der Waals surface area contributed by atoms with E-state index in [9.17, 15) is 9.59 Å². The molecule has 0 radical (unpaired) electrons. The highest BCUT2D eigenvalue weighted by Gasteiger charge is 2.26. The minimum absolute atomic E-state index is 0.253. The molecule has 0 fully saturated rings. The molecule has 1 heterocycles. The topological polar surface area (TPSA) is 55.4 Å². The molecule has 1 aromatic carbocycles. The lowest BCUT2D eigenvalue weighted by molar-refractivity contribution is -0.111. The van der Waals surface area contributed by atoms with Gasteiger partial charge in [0.25, 0.3) is 0 Å². The van der Waals surface area contributed by atoms with Gasteiger partial charge in [0.05, 0.1) is 12.2 Å². The van der Waals surface area contributed by atoms with Gasteiger partial charge in [0.1, 0.15) is 5.00 Å². The Balaban J connectivity index is 1.80. The molecule has 0 unspecified atom stereocenters. The normalized spacial score (nSPS) is 13.5. The lowest BCUT2D eigenvalue weighted by atomic mass is 9.95. The van der Waals surface area contributed by atoms with Crippen LogP contribution in [0.4, 0.5) is 5.00 Å². The highest BCUT2D eigenvalue weighted by atomic mass is 79.9. The molecule has 1 aliphatic rings. The van der Waals surface area contributed by atoms with E-state index in [1.165, 1.54) is 22.3 Å². The summed E-state index contributed by atoms with van der Waals surface area (Å²) >= 11 is 4.88. The number of anilines is 1. The highest BCUT2D eigenvalue weighted by molar-refractivity contribution is 9.10. The van der Waals surface area contributed by atoms with Gasteiger partial charge >= 0.3 is 5.97 Å². The smallest absolute Gasteiger partial charge is 0.341 e. The fourth-order valence-electron chi connectivity index (χ4n) is 2.97. The second-order valence-corrected chi connectivity index (χ2v) is 8.03. The summed E-state index contributed by atoms with van der Waals surface area (Å²) in [6.45, 7) is 2.11. The molecule has 1 N–H and O–H groups in total. The molecule has 1 amide bonds. The van der Waals surface area contributed by atoms with Crippen LogP contribution in [0.3, 0.4) is 0 Å². The Hall–Kier alpha value is -1.92. The van der Waals surface area contributed by atoms with Gasteiger partial charge in [0.15, 0.2) is 0 Å². The van der Waals surface area contributed by atoms with E-state index in [2.05, 4.69) is 21.2 Å². The number of rotatable bonds is 5. The van der Waals surface area contributed by atoms with E-state index in [-0.39, 0.29) is 11.9 Å². The zero-order chi connectivity index (χ0) is 18.5. The fourth-order valence-corrected chi connectivity index (χ4v) is 4.52. The maximum atomic E-state index is 12.4. The van der Waals surface area contributed by atoms with E-state index < -0.39 is 0 Å². The molecular weight excluding hydrogens is 414 g/mol. The summed E-state index contributed by atoms with van der Waals surface area (Å²) in [5.74, 6) is -0.601. The molecule has 0 bridgehead atoms. The van der Waals surface area contributed by atoms with Gasteiger partial charge in [0, 0.05) is 15.4 Å². The zero-order valence-electron chi connectivity index (χ0n) is 14.5. The first-order valence-corrected chi connectivity index (χ1v) is 10.3. The van der Waals surface area contributed by atoms with Crippen molar-refractivity contribution in [1.29, 1.82) is 0 Å². The number of thiophene rings is 1. The largest absolute Gasteiger partial charge is 0.462 e. The van der Waals surface area contributed by atoms with Crippen molar-refractivity contribution >= 4 is 50.2 Å². The molecular formula is C20H20BrNO3S. The molecule has 0 atom stereocenters. The molecule has 0 saturated heterocycles. The molecule has 1 aliphatic carbocycles. The zero-order valence-corrected chi connectivity index (χ0v) is 16.9. The SMILES string of the molecule is CCOC(=O)c1c(NC(=O)C=Cc2ccc(Br)cc2)sc2c1CCCC2. The Morgan fingerprint density at radius 2 is 1.96 bits per heavy atom. The Kier molecular flexibility index (Phi) is 6.27. The van der Waals surface area contributed by atoms with Crippen LogP contribution in [-0.4, -0.2) is 18.5 Å². The minimum atomic E-state index is -0.348. The average molecular weight is 434 g/mol. The quantitative estimate of drug-likeness (QED) is 0.519. The van der Waals surface area contributed by atoms with Crippen LogP contribution in [0.5, 0.6) is 0 Å². The van der Waals surface area contributed by atoms with Gasteiger partial charge < -0.3 is 10.1 Å². The Morgan fingerprint density at radius 3 is 2.69 bits per heavy atom. The van der Waals surface area contributed by atoms with Gasteiger partial charge in [-0.3, -0.25) is 4.79 Å². The van der Waals surface area contributed by atoms with Crippen molar-refractivity contribution in [3.05, 3.63) is 56.4 Å². The first kappa shape index (κ1) is 18.9. The Morgan fingerprint density at radius 1 is 1.23 bits per heavy atom. The number of benzene rings is 1. The summed E-state index contributed by atoms with van der Waals surface area (Å²) in [6, 6.07) is 7.68. The van der Waals surface area contributed by atoms with Gasteiger partial charge in [0.2, 0.25) is 5.91 Å². The first-order valence-electron chi connectivity index (χ1n) is 8.64. The van der Waals surface area contributed by atoms with E-state index in [0.29, 0.717) is 17.2 Å². The molecule has 136 valence electrons. The predicted octanol–water partition coefficient (Wildman–Crippen LogP) is 5.22. The molecule has 0 saturated carbocycles. The molecule has 0 aliphatic heterocycles. The number of carbonyl (C=O) groups is 2. The predicted molar refractivity (Wildman–Crippen MR) is 109 cm³/mol. The van der Waals surface area contributed by atoms with Crippen LogP contribution in [0.1, 0.15) is 46.1 Å². The maximum Gasteiger partial charge on any atom is 0.341 e. The van der Waals surface area contributed by atoms with Gasteiger partial charge in [-0.2, -0.15) is 0 Å². The molecule has 4 nitrogen and oxygen atoms in total. The maximum absolute atomic E-state index is 12.4. The summed E-state index contributed by atoms with van der Waals surface area (Å²) in [4.78, 5) is 25.9. The van der Waals surface area contributed by atoms with Crippen molar-refractivity contribution in [2.24, 2.45) is 0 Å². The third kappa shape index (κ3) is 4.43. The van der Waals surface area contributed by atoms with E-state index in [0.717, 1.165) is 41.3 Å². The van der Waals surface area contributed by atoms with Crippen LogP contribution in [0, 0.1) is 0 Å². The van der Waals surface area contributed by atoms with Crippen LogP contribution in [0.2, 0.25) is 0 Å². The van der Waals surface area contributed by atoms with Gasteiger partial charge in [-0.25, -0.2) is 4.79 Å². The van der Waals surface area contributed by atoms with E-state index in [1.807, 2.05) is 24.3 Å². The third-order valence-corrected chi connectivity index (χ3v) is 5.92. The second-order valence-electron chi connectivity index (χ2n) is 6.01. The van der Waals surface area contributed by atoms with Crippen molar-refractivity contribution in [2.75, 3.05) is 11.9 Å². The molecule has 6 heteroatoms. The number of halogens is 1. The van der Waals surface area contributed by atoms with Crippen molar-refractivity contribution in [3.63, 3.8) is 0 Å². The number of hydrogen-bond acceptors (Lipinski definition) is 4. The number of amides is 1. The van der Waals surface area contributed by atoms with Crippen LogP contribution < -0.4 is 5.32 Å². The van der Waals surface area contributed by atoms with Crippen LogP contribution in [0.25, 0.3) is 6.08 Å². The van der Waals surface area contributed by atoms with Gasteiger partial charge in [-0.15, -0.1) is 11.3 Å². The Labute approximate surface area is 165 Å². The number of nitrogens with one attached hydrogen (secondary N) is 1. The lowest BCUT2D eigenvalue weighted by Gasteiger charge is -2.12. The number of carbonyl (C=O) groups excluding carboxylic acids is 2.